The Morgan fingerprint density at radius 1 is 0.221 bits per heavy atom. The van der Waals surface area contributed by atoms with Crippen LogP contribution in [0.1, 0.15) is 97.2 Å². The second-order valence-electron chi connectivity index (χ2n) is 28.4. The second kappa shape index (κ2) is 20.3. The molecule has 2 heteroatoms. The van der Waals surface area contributed by atoms with E-state index in [1.54, 1.807) is 0 Å². The molecule has 2 aromatic heterocycles. The first-order chi connectivity index (χ1) is 46.3. The van der Waals surface area contributed by atoms with Crippen LogP contribution in [-0.4, -0.2) is 9.13 Å². The smallest absolute Gasteiger partial charge is 0.0541 e. The highest BCUT2D eigenvalue weighted by atomic mass is 15.0. The molecule has 0 amide bonds. The second-order valence-corrected chi connectivity index (χ2v) is 28.4. The molecular formula is C93H68N2. The van der Waals surface area contributed by atoms with Crippen LogP contribution in [0.2, 0.25) is 0 Å². The van der Waals surface area contributed by atoms with Gasteiger partial charge in [-0.15, -0.1) is 0 Å². The summed E-state index contributed by atoms with van der Waals surface area (Å²) in [5.74, 6) is 0. The largest absolute Gasteiger partial charge is 0.309 e. The fourth-order valence-electron chi connectivity index (χ4n) is 17.1. The third-order valence-electron chi connectivity index (χ3n) is 22.1. The molecule has 0 unspecified atom stereocenters. The molecule has 14 aromatic carbocycles. The topological polar surface area (TPSA) is 9.86 Å². The van der Waals surface area contributed by atoms with Gasteiger partial charge in [-0.3, -0.25) is 0 Å². The average Bonchev–Trinajstić information content (AvgIpc) is 1.60. The van der Waals surface area contributed by atoms with Gasteiger partial charge in [-0.05, 0) is 183 Å². The molecule has 0 saturated carbocycles. The lowest BCUT2D eigenvalue weighted by Gasteiger charge is -2.22. The van der Waals surface area contributed by atoms with E-state index < -0.39 is 0 Å². The third-order valence-corrected chi connectivity index (χ3v) is 22.1. The van der Waals surface area contributed by atoms with Crippen LogP contribution in [0.25, 0.3) is 156 Å². The van der Waals surface area contributed by atoms with E-state index in [1.165, 1.54) is 188 Å². The number of fused-ring (bicyclic) bond motifs is 17. The number of nitrogens with zero attached hydrogens (tertiary/aromatic N) is 2. The molecule has 3 aliphatic carbocycles. The van der Waals surface area contributed by atoms with Gasteiger partial charge in [0.15, 0.2) is 0 Å². The van der Waals surface area contributed by atoms with Crippen LogP contribution in [0.15, 0.2) is 279 Å². The lowest BCUT2D eigenvalue weighted by Crippen LogP contribution is -2.15. The zero-order valence-corrected chi connectivity index (χ0v) is 54.3. The van der Waals surface area contributed by atoms with Crippen molar-refractivity contribution in [3.63, 3.8) is 0 Å². The minimum atomic E-state index is -0.170. The number of hydrogen-bond donors (Lipinski definition) is 0. The molecule has 0 spiro atoms. The monoisotopic (exact) mass is 1210 g/mol. The van der Waals surface area contributed by atoms with Crippen LogP contribution in [0, 0.1) is 0 Å². The predicted octanol–water partition coefficient (Wildman–Crippen LogP) is 24.8. The SMILES string of the molecule is CC1(C)c2cc(/C=C/c3ccc4c(c3)C(C)(C)c3cc(-c5ccc6c(c5)c5ccccc5n6-c5cccc6ccccc56)ccc3-4)ccc2-c2ccc(/C=C/c3ccc4c(c3)C(C)(C)c3cc(-c5ccc6c(c5)c5ccccc5n6-c5cccc6ccccc56)ccc3-4)cc21. The van der Waals surface area contributed by atoms with Gasteiger partial charge in [-0.1, -0.05) is 284 Å². The summed E-state index contributed by atoms with van der Waals surface area (Å²) in [4.78, 5) is 0. The quantitative estimate of drug-likeness (QED) is 0.134. The Morgan fingerprint density at radius 3 is 0.863 bits per heavy atom. The van der Waals surface area contributed by atoms with Crippen molar-refractivity contribution in [1.29, 1.82) is 0 Å². The maximum atomic E-state index is 2.46. The molecule has 0 N–H and O–H groups in total. The molecule has 3 aliphatic rings. The molecule has 0 aliphatic heterocycles. The van der Waals surface area contributed by atoms with Crippen molar-refractivity contribution < 1.29 is 0 Å². The highest BCUT2D eigenvalue weighted by molar-refractivity contribution is 6.13. The zero-order valence-electron chi connectivity index (χ0n) is 54.3. The van der Waals surface area contributed by atoms with Crippen molar-refractivity contribution in [2.75, 3.05) is 0 Å². The number of aromatic nitrogens is 2. The molecule has 0 fully saturated rings. The lowest BCUT2D eigenvalue weighted by molar-refractivity contribution is 0.660. The van der Waals surface area contributed by atoms with E-state index in [0.717, 1.165) is 0 Å². The minimum Gasteiger partial charge on any atom is -0.309 e. The first kappa shape index (κ1) is 55.3. The standard InChI is InChI=1S/C93H68N2/c1-91(2)79-49-57(29-31-59-35-43-71-73-45-37-65(55-83(73)92(3,4)81(71)51-59)63-39-47-89-77(53-63)75-23-11-13-25-87(75)94(89)85-27-15-19-61-17-7-9-21-67(61)85)33-41-69(79)70-42-34-58(50-80(70)91)30-32-60-36-44-72-74-46-38-66(56-84(74)93(5,6)82(72)52-60)64-40-48-90-78(54-64)76-24-12-14-26-88(76)95(90)86-28-16-20-62-18-8-10-22-68(62)86/h7-56H,1-6H3/b31-29+,32-30+. The summed E-state index contributed by atoms with van der Waals surface area (Å²) in [6.07, 6.45) is 9.22. The Bertz CT molecular complexity index is 5680. The summed E-state index contributed by atoms with van der Waals surface area (Å²) in [5, 5.41) is 10.1. The summed E-state index contributed by atoms with van der Waals surface area (Å²) in [5.41, 5.74) is 32.8. The molecule has 16 aromatic rings. The predicted molar refractivity (Wildman–Crippen MR) is 404 cm³/mol. The molecular weight excluding hydrogens is 1150 g/mol. The van der Waals surface area contributed by atoms with Crippen molar-refractivity contribution in [3.05, 3.63) is 335 Å². The average molecular weight is 1210 g/mol. The molecule has 450 valence electrons. The van der Waals surface area contributed by atoms with Crippen LogP contribution >= 0.6 is 0 Å². The van der Waals surface area contributed by atoms with E-state index in [0.29, 0.717) is 0 Å². The van der Waals surface area contributed by atoms with Gasteiger partial charge < -0.3 is 9.13 Å². The molecule has 2 nitrogen and oxygen atoms in total. The Hall–Kier alpha value is -11.3. The highest BCUT2D eigenvalue weighted by Crippen LogP contribution is 2.54. The van der Waals surface area contributed by atoms with Gasteiger partial charge in [0.25, 0.3) is 0 Å². The van der Waals surface area contributed by atoms with Gasteiger partial charge >= 0.3 is 0 Å². The summed E-state index contributed by atoms with van der Waals surface area (Å²) < 4.78 is 4.89. The van der Waals surface area contributed by atoms with E-state index >= 15 is 0 Å². The van der Waals surface area contributed by atoms with Crippen molar-refractivity contribution in [3.8, 4) is 67.0 Å². The normalized spacial score (nSPS) is 14.6. The van der Waals surface area contributed by atoms with Crippen molar-refractivity contribution >= 4 is 89.5 Å². The molecule has 0 saturated heterocycles. The van der Waals surface area contributed by atoms with Gasteiger partial charge in [-0.2, -0.15) is 0 Å². The summed E-state index contributed by atoms with van der Waals surface area (Å²) in [7, 11) is 0. The summed E-state index contributed by atoms with van der Waals surface area (Å²) >= 11 is 0. The molecule has 0 bridgehead atoms. The van der Waals surface area contributed by atoms with E-state index in [2.05, 4.69) is 354 Å². The zero-order chi connectivity index (χ0) is 63.6. The Kier molecular flexibility index (Phi) is 11.8. The first-order valence-electron chi connectivity index (χ1n) is 33.6. The fourth-order valence-corrected chi connectivity index (χ4v) is 17.1. The van der Waals surface area contributed by atoms with Gasteiger partial charge in [-0.25, -0.2) is 0 Å². The molecule has 95 heavy (non-hydrogen) atoms. The third kappa shape index (κ3) is 8.30. The highest BCUT2D eigenvalue weighted by Gasteiger charge is 2.39. The van der Waals surface area contributed by atoms with Crippen LogP contribution < -0.4 is 0 Å². The number of rotatable bonds is 8. The van der Waals surface area contributed by atoms with E-state index in [-0.39, 0.29) is 16.2 Å². The van der Waals surface area contributed by atoms with Gasteiger partial charge in [0.2, 0.25) is 0 Å². The molecule has 2 heterocycles. The Labute approximate surface area is 554 Å². The van der Waals surface area contributed by atoms with E-state index in [9.17, 15) is 0 Å². The fraction of sp³-hybridized carbons (Fsp3) is 0.0968. The summed E-state index contributed by atoms with van der Waals surface area (Å²) in [6.45, 7) is 14.4. The number of para-hydroxylation sites is 2. The maximum absolute atomic E-state index is 2.46. The van der Waals surface area contributed by atoms with Crippen molar-refractivity contribution in [1.82, 2.24) is 9.13 Å². The Morgan fingerprint density at radius 2 is 0.495 bits per heavy atom. The minimum absolute atomic E-state index is 0.160. The first-order valence-corrected chi connectivity index (χ1v) is 33.6. The maximum Gasteiger partial charge on any atom is 0.0541 e. The van der Waals surface area contributed by atoms with Gasteiger partial charge in [0, 0.05) is 48.6 Å². The van der Waals surface area contributed by atoms with E-state index in [4.69, 9.17) is 0 Å². The van der Waals surface area contributed by atoms with Crippen LogP contribution in [0.3, 0.4) is 0 Å². The van der Waals surface area contributed by atoms with E-state index in [1.807, 2.05) is 0 Å². The van der Waals surface area contributed by atoms with Crippen molar-refractivity contribution in [2.45, 2.75) is 57.8 Å². The lowest BCUT2D eigenvalue weighted by atomic mass is 9.81. The van der Waals surface area contributed by atoms with Crippen LogP contribution in [0.5, 0.6) is 0 Å². The van der Waals surface area contributed by atoms with Crippen molar-refractivity contribution in [2.24, 2.45) is 0 Å². The molecule has 0 radical (unpaired) electrons. The Balaban J connectivity index is 0.560. The number of benzene rings is 14. The van der Waals surface area contributed by atoms with Gasteiger partial charge in [0.1, 0.15) is 0 Å². The van der Waals surface area contributed by atoms with Gasteiger partial charge in [0.05, 0.1) is 33.4 Å². The molecule has 0 atom stereocenters. The van der Waals surface area contributed by atoms with Crippen LogP contribution in [-0.2, 0) is 16.2 Å². The summed E-state index contributed by atoms with van der Waals surface area (Å²) in [6, 6.07) is 105. The molecule has 19 rings (SSSR count). The van der Waals surface area contributed by atoms with Crippen LogP contribution in [0.4, 0.5) is 0 Å². The number of hydrogen-bond acceptors (Lipinski definition) is 0.